The number of sulfonamides is 1. The standard InChI is InChI=1S/C20H28F2N4O4S2/c1-4-32(28,29)25-7-5-24(6-8-25)18-16(21)9-14(10-17(18)22)26-12-15(30-20(26)27)11-23-19(31)13(2)3/h9-10,13,15H,4-8,11-12H2,1-3H3,(H,23,31). The zero-order chi connectivity index (χ0) is 23.6. The predicted octanol–water partition coefficient (Wildman–Crippen LogP) is 2.33. The maximum absolute atomic E-state index is 14.9. The van der Waals surface area contributed by atoms with Gasteiger partial charge in [-0.15, -0.1) is 0 Å². The highest BCUT2D eigenvalue weighted by Crippen LogP contribution is 2.31. The number of ether oxygens (including phenoxy) is 1. The number of nitrogens with zero attached hydrogens (tertiary/aromatic N) is 3. The summed E-state index contributed by atoms with van der Waals surface area (Å²) in [6.07, 6.45) is -1.18. The summed E-state index contributed by atoms with van der Waals surface area (Å²) in [6, 6.07) is 2.20. The number of thiocarbonyl (C=S) groups is 1. The molecule has 2 heterocycles. The maximum atomic E-state index is 14.9. The van der Waals surface area contributed by atoms with E-state index in [1.54, 1.807) is 6.92 Å². The molecule has 2 aliphatic heterocycles. The van der Waals surface area contributed by atoms with E-state index >= 15 is 0 Å². The van der Waals surface area contributed by atoms with Gasteiger partial charge in [0, 0.05) is 44.2 Å². The fourth-order valence-corrected chi connectivity index (χ4v) is 4.81. The van der Waals surface area contributed by atoms with Crippen molar-refractivity contribution in [3.05, 3.63) is 23.8 Å². The minimum atomic E-state index is -3.34. The molecule has 2 aliphatic rings. The van der Waals surface area contributed by atoms with Gasteiger partial charge in [-0.25, -0.2) is 22.0 Å². The van der Waals surface area contributed by atoms with Crippen LogP contribution in [0.3, 0.4) is 0 Å². The van der Waals surface area contributed by atoms with Crippen LogP contribution in [0, 0.1) is 17.6 Å². The van der Waals surface area contributed by atoms with Crippen molar-refractivity contribution in [2.45, 2.75) is 26.9 Å². The Morgan fingerprint density at radius 2 is 1.81 bits per heavy atom. The molecule has 32 heavy (non-hydrogen) atoms. The Morgan fingerprint density at radius 3 is 2.34 bits per heavy atom. The topological polar surface area (TPSA) is 82.2 Å². The van der Waals surface area contributed by atoms with E-state index < -0.39 is 33.9 Å². The third kappa shape index (κ3) is 5.29. The largest absolute Gasteiger partial charge is 0.442 e. The second kappa shape index (κ2) is 9.84. The number of carbonyl (C=O) groups excluding carboxylic acids is 1. The van der Waals surface area contributed by atoms with Crippen molar-refractivity contribution in [2.24, 2.45) is 5.92 Å². The summed E-state index contributed by atoms with van der Waals surface area (Å²) in [5, 5.41) is 3.04. The van der Waals surface area contributed by atoms with E-state index in [4.69, 9.17) is 17.0 Å². The molecule has 0 aliphatic carbocycles. The highest BCUT2D eigenvalue weighted by atomic mass is 32.2. The summed E-state index contributed by atoms with van der Waals surface area (Å²) in [6.45, 7) is 6.54. The number of benzene rings is 1. The molecule has 1 amide bonds. The van der Waals surface area contributed by atoms with E-state index in [1.807, 2.05) is 13.8 Å². The minimum absolute atomic E-state index is 0.0177. The average molecular weight is 491 g/mol. The molecule has 1 atom stereocenters. The van der Waals surface area contributed by atoms with Crippen LogP contribution in [0.1, 0.15) is 20.8 Å². The third-order valence-electron chi connectivity index (χ3n) is 5.53. The number of nitrogens with one attached hydrogen (secondary N) is 1. The summed E-state index contributed by atoms with van der Waals surface area (Å²) >= 11 is 5.20. The molecule has 0 spiro atoms. The fraction of sp³-hybridized carbons (Fsp3) is 0.600. The Hall–Kier alpha value is -2.05. The van der Waals surface area contributed by atoms with Crippen LogP contribution in [-0.4, -0.2) is 74.9 Å². The normalized spacial score (nSPS) is 20.1. The van der Waals surface area contributed by atoms with E-state index in [9.17, 15) is 22.0 Å². The van der Waals surface area contributed by atoms with Gasteiger partial charge in [-0.05, 0) is 6.92 Å². The second-order valence-corrected chi connectivity index (χ2v) is 10.8. The van der Waals surface area contributed by atoms with Crippen LogP contribution in [0.15, 0.2) is 12.1 Å². The van der Waals surface area contributed by atoms with Gasteiger partial charge in [0.1, 0.15) is 11.8 Å². The van der Waals surface area contributed by atoms with E-state index in [0.717, 1.165) is 12.1 Å². The van der Waals surface area contributed by atoms with Crippen LogP contribution >= 0.6 is 12.2 Å². The molecule has 0 aromatic heterocycles. The number of cyclic esters (lactones) is 1. The Labute approximate surface area is 192 Å². The van der Waals surface area contributed by atoms with Crippen molar-refractivity contribution >= 4 is 44.7 Å². The van der Waals surface area contributed by atoms with Gasteiger partial charge >= 0.3 is 6.09 Å². The molecular formula is C20H28F2N4O4S2. The lowest BCUT2D eigenvalue weighted by Crippen LogP contribution is -2.49. The summed E-state index contributed by atoms with van der Waals surface area (Å²) in [4.78, 5) is 15.6. The monoisotopic (exact) mass is 490 g/mol. The SMILES string of the molecule is CCS(=O)(=O)N1CCN(c2c(F)cc(N3CC(CNC(=S)C(C)C)OC3=O)cc2F)CC1. The maximum Gasteiger partial charge on any atom is 0.414 e. The van der Waals surface area contributed by atoms with Crippen LogP contribution in [0.5, 0.6) is 0 Å². The number of amides is 1. The molecule has 1 aromatic carbocycles. The number of rotatable bonds is 7. The van der Waals surface area contributed by atoms with Gasteiger partial charge in [0.15, 0.2) is 11.6 Å². The van der Waals surface area contributed by atoms with Gasteiger partial charge in [-0.2, -0.15) is 4.31 Å². The second-order valence-electron chi connectivity index (χ2n) is 8.06. The highest BCUT2D eigenvalue weighted by molar-refractivity contribution is 7.89. The lowest BCUT2D eigenvalue weighted by molar-refractivity contribution is 0.143. The predicted molar refractivity (Wildman–Crippen MR) is 123 cm³/mol. The van der Waals surface area contributed by atoms with Gasteiger partial charge in [-0.1, -0.05) is 26.1 Å². The lowest BCUT2D eigenvalue weighted by atomic mass is 10.2. The van der Waals surface area contributed by atoms with Gasteiger partial charge in [-0.3, -0.25) is 4.90 Å². The smallest absolute Gasteiger partial charge is 0.414 e. The molecule has 0 bridgehead atoms. The minimum Gasteiger partial charge on any atom is -0.442 e. The van der Waals surface area contributed by atoms with Crippen molar-refractivity contribution in [1.29, 1.82) is 0 Å². The molecule has 0 radical (unpaired) electrons. The Morgan fingerprint density at radius 1 is 1.22 bits per heavy atom. The molecule has 1 aromatic rings. The van der Waals surface area contributed by atoms with E-state index in [-0.39, 0.29) is 55.8 Å². The van der Waals surface area contributed by atoms with Gasteiger partial charge in [0.25, 0.3) is 0 Å². The van der Waals surface area contributed by atoms with Crippen molar-refractivity contribution in [2.75, 3.05) is 54.8 Å². The van der Waals surface area contributed by atoms with Crippen LogP contribution in [-0.2, 0) is 14.8 Å². The quantitative estimate of drug-likeness (QED) is 0.588. The first-order valence-corrected chi connectivity index (χ1v) is 12.5. The zero-order valence-electron chi connectivity index (χ0n) is 18.3. The average Bonchev–Trinajstić information content (AvgIpc) is 3.12. The van der Waals surface area contributed by atoms with Gasteiger partial charge in [0.2, 0.25) is 10.0 Å². The number of carbonyl (C=O) groups is 1. The van der Waals surface area contributed by atoms with Crippen LogP contribution in [0.25, 0.3) is 0 Å². The first kappa shape index (κ1) is 24.6. The highest BCUT2D eigenvalue weighted by Gasteiger charge is 2.34. The van der Waals surface area contributed by atoms with Gasteiger partial charge < -0.3 is 15.0 Å². The molecule has 178 valence electrons. The first-order valence-electron chi connectivity index (χ1n) is 10.5. The molecule has 2 fully saturated rings. The number of piperazine rings is 1. The summed E-state index contributed by atoms with van der Waals surface area (Å²) < 4.78 is 60.4. The number of halogens is 2. The molecule has 1 N–H and O–H groups in total. The van der Waals surface area contributed by atoms with Crippen molar-refractivity contribution in [3.8, 4) is 0 Å². The molecule has 1 unspecified atom stereocenters. The van der Waals surface area contributed by atoms with Crippen LogP contribution in [0.2, 0.25) is 0 Å². The zero-order valence-corrected chi connectivity index (χ0v) is 19.9. The summed E-state index contributed by atoms with van der Waals surface area (Å²) in [7, 11) is -3.34. The molecule has 8 nitrogen and oxygen atoms in total. The van der Waals surface area contributed by atoms with E-state index in [0.29, 0.717) is 11.5 Å². The van der Waals surface area contributed by atoms with Crippen LogP contribution < -0.4 is 15.1 Å². The number of hydrogen-bond acceptors (Lipinski definition) is 6. The van der Waals surface area contributed by atoms with Crippen molar-refractivity contribution in [3.63, 3.8) is 0 Å². The molecule has 0 saturated carbocycles. The Kier molecular flexibility index (Phi) is 7.56. The summed E-state index contributed by atoms with van der Waals surface area (Å²) in [5.74, 6) is -1.50. The number of hydrogen-bond donors (Lipinski definition) is 1. The van der Waals surface area contributed by atoms with Crippen LogP contribution in [0.4, 0.5) is 25.0 Å². The molecule has 2 saturated heterocycles. The van der Waals surface area contributed by atoms with Crippen molar-refractivity contribution < 1.29 is 26.7 Å². The third-order valence-corrected chi connectivity index (χ3v) is 8.03. The summed E-state index contributed by atoms with van der Waals surface area (Å²) in [5.41, 5.74) is -0.162. The Bertz CT molecular complexity index is 959. The first-order chi connectivity index (χ1) is 15.0. The molecular weight excluding hydrogens is 462 g/mol. The van der Waals surface area contributed by atoms with E-state index in [2.05, 4.69) is 5.32 Å². The Balaban J connectivity index is 1.69. The molecule has 12 heteroatoms. The van der Waals surface area contributed by atoms with E-state index in [1.165, 1.54) is 14.1 Å². The fourth-order valence-electron chi connectivity index (χ4n) is 3.64. The lowest BCUT2D eigenvalue weighted by Gasteiger charge is -2.35. The van der Waals surface area contributed by atoms with Gasteiger partial charge in [0.05, 0.1) is 29.5 Å². The van der Waals surface area contributed by atoms with Crippen molar-refractivity contribution in [1.82, 2.24) is 9.62 Å². The molecule has 3 rings (SSSR count). The number of anilines is 2.